The molecule has 0 fully saturated rings. The van der Waals surface area contributed by atoms with Gasteiger partial charge >= 0.3 is 0 Å². The van der Waals surface area contributed by atoms with Gasteiger partial charge in [0.15, 0.2) is 23.0 Å². The van der Waals surface area contributed by atoms with Gasteiger partial charge in [-0.25, -0.2) is 10.9 Å². The highest BCUT2D eigenvalue weighted by Gasteiger charge is 2.06. The fourth-order valence-electron chi connectivity index (χ4n) is 2.75. The van der Waals surface area contributed by atoms with Gasteiger partial charge in [0.1, 0.15) is 0 Å². The molecule has 0 bridgehead atoms. The normalized spacial score (nSPS) is 10.8. The van der Waals surface area contributed by atoms with Crippen molar-refractivity contribution in [1.29, 1.82) is 0 Å². The molecule has 176 valence electrons. The summed E-state index contributed by atoms with van der Waals surface area (Å²) >= 11 is 0. The maximum absolute atomic E-state index is 11.9. The average Bonchev–Trinajstić information content (AvgIpc) is 2.83. The summed E-state index contributed by atoms with van der Waals surface area (Å²) in [5.41, 5.74) is 6.33. The summed E-state index contributed by atoms with van der Waals surface area (Å²) in [5.74, 6) is 1.73. The lowest BCUT2D eigenvalue weighted by Crippen LogP contribution is -2.20. The number of rotatable bonds is 12. The van der Waals surface area contributed by atoms with Crippen molar-refractivity contribution in [2.24, 2.45) is 10.2 Å². The molecular formula is C23H28N4O6. The molecule has 10 heteroatoms. The molecule has 0 unspecified atom stereocenters. The van der Waals surface area contributed by atoms with E-state index in [-0.39, 0.29) is 24.7 Å². The first-order valence-corrected chi connectivity index (χ1v) is 10.1. The van der Waals surface area contributed by atoms with Gasteiger partial charge in [0, 0.05) is 12.8 Å². The number of amides is 2. The van der Waals surface area contributed by atoms with Gasteiger partial charge < -0.3 is 18.9 Å². The number of ether oxygens (including phenoxy) is 4. The molecule has 33 heavy (non-hydrogen) atoms. The van der Waals surface area contributed by atoms with Crippen molar-refractivity contribution in [3.63, 3.8) is 0 Å². The molecule has 0 atom stereocenters. The predicted molar refractivity (Wildman–Crippen MR) is 124 cm³/mol. The Labute approximate surface area is 192 Å². The van der Waals surface area contributed by atoms with E-state index in [0.717, 1.165) is 11.1 Å². The molecule has 0 aliphatic carbocycles. The van der Waals surface area contributed by atoms with E-state index >= 15 is 0 Å². The van der Waals surface area contributed by atoms with Gasteiger partial charge in [-0.05, 0) is 53.9 Å². The number of hydrazone groups is 2. The Morgan fingerprint density at radius 1 is 0.697 bits per heavy atom. The van der Waals surface area contributed by atoms with E-state index in [1.54, 1.807) is 50.6 Å². The molecule has 2 amide bonds. The van der Waals surface area contributed by atoms with E-state index in [4.69, 9.17) is 18.9 Å². The molecule has 10 nitrogen and oxygen atoms in total. The first-order chi connectivity index (χ1) is 16.0. The molecule has 2 N–H and O–H groups in total. The third-order valence-corrected chi connectivity index (χ3v) is 4.43. The Morgan fingerprint density at radius 2 is 1.09 bits per heavy atom. The Hall–Kier alpha value is -4.08. The summed E-state index contributed by atoms with van der Waals surface area (Å²) in [6.45, 7) is 0. The molecule has 0 radical (unpaired) electrons. The van der Waals surface area contributed by atoms with E-state index < -0.39 is 0 Å². The molecule has 2 rings (SSSR count). The van der Waals surface area contributed by atoms with Crippen LogP contribution in [0.5, 0.6) is 23.0 Å². The molecule has 0 aliphatic rings. The van der Waals surface area contributed by atoms with Crippen LogP contribution in [-0.2, 0) is 9.59 Å². The van der Waals surface area contributed by atoms with Gasteiger partial charge in [-0.1, -0.05) is 0 Å². The second-order valence-corrected chi connectivity index (χ2v) is 6.67. The van der Waals surface area contributed by atoms with Gasteiger partial charge in [0.25, 0.3) is 0 Å². The lowest BCUT2D eigenvalue weighted by molar-refractivity contribution is -0.122. The second-order valence-electron chi connectivity index (χ2n) is 6.67. The minimum atomic E-state index is -0.298. The number of hydrogen-bond acceptors (Lipinski definition) is 8. The van der Waals surface area contributed by atoms with Crippen LogP contribution in [0.3, 0.4) is 0 Å². The SMILES string of the molecule is COc1ccc(C=NNC(=O)CCCC(=O)NN=Cc2ccc(OC)c(OC)c2)cc1OC. The summed E-state index contributed by atoms with van der Waals surface area (Å²) in [6, 6.07) is 10.5. The highest BCUT2D eigenvalue weighted by molar-refractivity contribution is 5.84. The zero-order chi connectivity index (χ0) is 24.1. The minimum absolute atomic E-state index is 0.149. The van der Waals surface area contributed by atoms with Gasteiger partial charge in [-0.15, -0.1) is 0 Å². The second kappa shape index (κ2) is 13.4. The Kier molecular flexibility index (Phi) is 10.2. The van der Waals surface area contributed by atoms with Gasteiger partial charge in [0.2, 0.25) is 11.8 Å². The van der Waals surface area contributed by atoms with Gasteiger partial charge in [-0.3, -0.25) is 9.59 Å². The van der Waals surface area contributed by atoms with Crippen molar-refractivity contribution < 1.29 is 28.5 Å². The van der Waals surface area contributed by atoms with Gasteiger partial charge in [-0.2, -0.15) is 10.2 Å². The van der Waals surface area contributed by atoms with Crippen LogP contribution in [0.25, 0.3) is 0 Å². The number of carbonyl (C=O) groups excluding carboxylic acids is 2. The third-order valence-electron chi connectivity index (χ3n) is 4.43. The highest BCUT2D eigenvalue weighted by Crippen LogP contribution is 2.27. The number of hydrogen-bond donors (Lipinski definition) is 2. The first kappa shape index (κ1) is 25.2. The van der Waals surface area contributed by atoms with Crippen LogP contribution in [0.1, 0.15) is 30.4 Å². The molecule has 0 saturated carbocycles. The molecule has 0 aliphatic heterocycles. The predicted octanol–water partition coefficient (Wildman–Crippen LogP) is 2.49. The van der Waals surface area contributed by atoms with E-state index in [0.29, 0.717) is 29.4 Å². The van der Waals surface area contributed by atoms with Crippen LogP contribution in [0.15, 0.2) is 46.6 Å². The maximum Gasteiger partial charge on any atom is 0.240 e. The molecule has 0 aromatic heterocycles. The molecule has 0 saturated heterocycles. The lowest BCUT2D eigenvalue weighted by atomic mass is 10.2. The standard InChI is InChI=1S/C23H28N4O6/c1-30-18-10-8-16(12-20(18)32-3)14-24-26-22(28)6-5-7-23(29)27-25-15-17-9-11-19(31-2)21(13-17)33-4/h8-15H,5-7H2,1-4H3,(H,26,28)(H,27,29). The van der Waals surface area contributed by atoms with Crippen molar-refractivity contribution >= 4 is 24.2 Å². The van der Waals surface area contributed by atoms with Crippen molar-refractivity contribution in [1.82, 2.24) is 10.9 Å². The molecule has 2 aromatic carbocycles. The summed E-state index contributed by atoms with van der Waals surface area (Å²) in [6.07, 6.45) is 3.65. The first-order valence-electron chi connectivity index (χ1n) is 10.1. The zero-order valence-corrected chi connectivity index (χ0v) is 19.1. The highest BCUT2D eigenvalue weighted by atomic mass is 16.5. The fourth-order valence-corrected chi connectivity index (χ4v) is 2.75. The van der Waals surface area contributed by atoms with Crippen LogP contribution in [0.4, 0.5) is 0 Å². The lowest BCUT2D eigenvalue weighted by Gasteiger charge is -2.07. The van der Waals surface area contributed by atoms with Gasteiger partial charge in [0.05, 0.1) is 40.9 Å². The minimum Gasteiger partial charge on any atom is -0.493 e. The van der Waals surface area contributed by atoms with E-state index in [1.165, 1.54) is 26.6 Å². The van der Waals surface area contributed by atoms with E-state index in [1.807, 2.05) is 0 Å². The number of nitrogens with one attached hydrogen (secondary N) is 2. The maximum atomic E-state index is 11.9. The average molecular weight is 456 g/mol. The number of nitrogens with zero attached hydrogens (tertiary/aromatic N) is 2. The summed E-state index contributed by atoms with van der Waals surface area (Å²) in [7, 11) is 6.18. The Morgan fingerprint density at radius 3 is 1.45 bits per heavy atom. The topological polar surface area (TPSA) is 120 Å². The molecular weight excluding hydrogens is 428 g/mol. The quantitative estimate of drug-likeness (QED) is 0.374. The molecule has 2 aromatic rings. The third kappa shape index (κ3) is 8.17. The van der Waals surface area contributed by atoms with Crippen LogP contribution in [0, 0.1) is 0 Å². The number of benzene rings is 2. The van der Waals surface area contributed by atoms with E-state index in [2.05, 4.69) is 21.1 Å². The summed E-state index contributed by atoms with van der Waals surface area (Å²) < 4.78 is 20.8. The Balaban J connectivity index is 1.71. The molecule has 0 spiro atoms. The summed E-state index contributed by atoms with van der Waals surface area (Å²) in [5, 5.41) is 7.83. The summed E-state index contributed by atoms with van der Waals surface area (Å²) in [4.78, 5) is 23.8. The smallest absolute Gasteiger partial charge is 0.240 e. The Bertz CT molecular complexity index is 927. The monoisotopic (exact) mass is 456 g/mol. The fraction of sp³-hybridized carbons (Fsp3) is 0.304. The number of carbonyl (C=O) groups is 2. The van der Waals surface area contributed by atoms with Crippen molar-refractivity contribution in [3.05, 3.63) is 47.5 Å². The van der Waals surface area contributed by atoms with Crippen LogP contribution < -0.4 is 29.8 Å². The van der Waals surface area contributed by atoms with Crippen molar-refractivity contribution in [3.8, 4) is 23.0 Å². The van der Waals surface area contributed by atoms with Crippen LogP contribution >= 0.6 is 0 Å². The van der Waals surface area contributed by atoms with Crippen LogP contribution in [-0.4, -0.2) is 52.7 Å². The largest absolute Gasteiger partial charge is 0.493 e. The van der Waals surface area contributed by atoms with E-state index in [9.17, 15) is 9.59 Å². The molecule has 0 heterocycles. The van der Waals surface area contributed by atoms with Crippen molar-refractivity contribution in [2.45, 2.75) is 19.3 Å². The number of methoxy groups -OCH3 is 4. The van der Waals surface area contributed by atoms with Crippen LogP contribution in [0.2, 0.25) is 0 Å². The van der Waals surface area contributed by atoms with Crippen molar-refractivity contribution in [2.75, 3.05) is 28.4 Å². The zero-order valence-electron chi connectivity index (χ0n) is 19.1.